The van der Waals surface area contributed by atoms with Crippen molar-refractivity contribution in [3.63, 3.8) is 0 Å². The second kappa shape index (κ2) is 8.14. The Labute approximate surface area is 103 Å². The van der Waals surface area contributed by atoms with E-state index in [9.17, 15) is 0 Å². The summed E-state index contributed by atoms with van der Waals surface area (Å²) in [7, 11) is 0. The van der Waals surface area contributed by atoms with Gasteiger partial charge in [0.2, 0.25) is 0 Å². The maximum atomic E-state index is 2.46. The molecule has 16 heavy (non-hydrogen) atoms. The molecule has 0 radical (unpaired) electrons. The monoisotopic (exact) mass is 224 g/mol. The van der Waals surface area contributed by atoms with Crippen molar-refractivity contribution < 1.29 is 0 Å². The molecule has 3 atom stereocenters. The highest BCUT2D eigenvalue weighted by atomic mass is 14.3. The minimum absolute atomic E-state index is 0.977. The minimum Gasteiger partial charge on any atom is -0.0654 e. The molecule has 0 N–H and O–H groups in total. The van der Waals surface area contributed by atoms with Gasteiger partial charge in [0.1, 0.15) is 0 Å². The molecule has 96 valence electrons. The van der Waals surface area contributed by atoms with Gasteiger partial charge in [-0.3, -0.25) is 0 Å². The van der Waals surface area contributed by atoms with E-state index in [1.807, 2.05) is 0 Å². The molecule has 1 rings (SSSR count). The summed E-state index contributed by atoms with van der Waals surface area (Å²) in [6, 6.07) is 0. The number of hydrogen-bond acceptors (Lipinski definition) is 0. The van der Waals surface area contributed by atoms with Crippen molar-refractivity contribution in [2.45, 2.75) is 85.0 Å². The molecule has 3 unspecified atom stereocenters. The molecule has 0 amide bonds. The summed E-state index contributed by atoms with van der Waals surface area (Å²) in [5.41, 5.74) is 0. The lowest BCUT2D eigenvalue weighted by Crippen LogP contribution is -2.06. The Hall–Kier alpha value is 0. The van der Waals surface area contributed by atoms with Gasteiger partial charge in [0.15, 0.2) is 0 Å². The number of unbranched alkanes of at least 4 members (excludes halogenated alkanes) is 3. The fourth-order valence-corrected chi connectivity index (χ4v) is 3.21. The minimum atomic E-state index is 0.977. The van der Waals surface area contributed by atoms with Crippen LogP contribution in [0.2, 0.25) is 0 Å². The van der Waals surface area contributed by atoms with E-state index in [2.05, 4.69) is 20.8 Å². The molecule has 1 aliphatic rings. The maximum absolute atomic E-state index is 2.46. The van der Waals surface area contributed by atoms with Gasteiger partial charge < -0.3 is 0 Å². The van der Waals surface area contributed by atoms with E-state index in [4.69, 9.17) is 0 Å². The average molecular weight is 224 g/mol. The first-order valence-electron chi connectivity index (χ1n) is 7.74. The molecular weight excluding hydrogens is 192 g/mol. The predicted molar refractivity (Wildman–Crippen MR) is 73.7 cm³/mol. The summed E-state index contributed by atoms with van der Waals surface area (Å²) in [4.78, 5) is 0. The lowest BCUT2D eigenvalue weighted by Gasteiger charge is -2.18. The quantitative estimate of drug-likeness (QED) is 0.456. The van der Waals surface area contributed by atoms with Gasteiger partial charge >= 0.3 is 0 Å². The van der Waals surface area contributed by atoms with Gasteiger partial charge in [0.25, 0.3) is 0 Å². The molecule has 1 fully saturated rings. The van der Waals surface area contributed by atoms with Crippen LogP contribution in [0.1, 0.15) is 85.0 Å². The van der Waals surface area contributed by atoms with Crippen molar-refractivity contribution in [3.05, 3.63) is 0 Å². The van der Waals surface area contributed by atoms with Crippen LogP contribution < -0.4 is 0 Å². The van der Waals surface area contributed by atoms with Crippen molar-refractivity contribution in [2.75, 3.05) is 0 Å². The molecule has 0 aromatic rings. The zero-order chi connectivity index (χ0) is 11.8. The summed E-state index contributed by atoms with van der Waals surface area (Å²) in [5, 5.41) is 0. The fraction of sp³-hybridized carbons (Fsp3) is 1.00. The molecule has 1 aliphatic carbocycles. The molecule has 0 saturated heterocycles. The molecule has 0 heterocycles. The predicted octanol–water partition coefficient (Wildman–Crippen LogP) is 5.81. The molecule has 0 aromatic heterocycles. The standard InChI is InChI=1S/C16H32/c1-4-5-6-7-9-14(2)12-13-16-11-8-10-15(16)3/h14-16H,4-13H2,1-3H3. The Kier molecular flexibility index (Phi) is 7.16. The highest BCUT2D eigenvalue weighted by molar-refractivity contribution is 4.74. The molecule has 0 spiro atoms. The number of hydrogen-bond donors (Lipinski definition) is 0. The van der Waals surface area contributed by atoms with Crippen molar-refractivity contribution in [2.24, 2.45) is 17.8 Å². The molecular formula is C16H32. The van der Waals surface area contributed by atoms with E-state index in [0.29, 0.717) is 0 Å². The van der Waals surface area contributed by atoms with Crippen LogP contribution in [-0.4, -0.2) is 0 Å². The first-order chi connectivity index (χ1) is 7.74. The molecule has 0 nitrogen and oxygen atoms in total. The molecule has 0 bridgehead atoms. The Morgan fingerprint density at radius 2 is 1.88 bits per heavy atom. The van der Waals surface area contributed by atoms with Crippen LogP contribution in [0.4, 0.5) is 0 Å². The van der Waals surface area contributed by atoms with E-state index in [1.165, 1.54) is 64.2 Å². The third-order valence-corrected chi connectivity index (χ3v) is 4.62. The Bertz CT molecular complexity index is 161. The van der Waals surface area contributed by atoms with E-state index in [0.717, 1.165) is 17.8 Å². The normalized spacial score (nSPS) is 27.2. The highest BCUT2D eigenvalue weighted by Gasteiger charge is 2.23. The van der Waals surface area contributed by atoms with Crippen LogP contribution in [0.3, 0.4) is 0 Å². The van der Waals surface area contributed by atoms with E-state index >= 15 is 0 Å². The Balaban J connectivity index is 1.99. The van der Waals surface area contributed by atoms with E-state index in [-0.39, 0.29) is 0 Å². The Morgan fingerprint density at radius 3 is 2.50 bits per heavy atom. The lowest BCUT2D eigenvalue weighted by molar-refractivity contribution is 0.338. The zero-order valence-electron chi connectivity index (χ0n) is 11.8. The van der Waals surface area contributed by atoms with Crippen LogP contribution in [-0.2, 0) is 0 Å². The number of rotatable bonds is 8. The third-order valence-electron chi connectivity index (χ3n) is 4.62. The van der Waals surface area contributed by atoms with Gasteiger partial charge in [-0.25, -0.2) is 0 Å². The lowest BCUT2D eigenvalue weighted by atomic mass is 9.88. The second-order valence-electron chi connectivity index (χ2n) is 6.20. The summed E-state index contributed by atoms with van der Waals surface area (Å²) in [6.45, 7) is 7.22. The van der Waals surface area contributed by atoms with Gasteiger partial charge in [0, 0.05) is 0 Å². The van der Waals surface area contributed by atoms with Gasteiger partial charge in [0.05, 0.1) is 0 Å². The molecule has 0 aromatic carbocycles. The van der Waals surface area contributed by atoms with Crippen molar-refractivity contribution in [1.82, 2.24) is 0 Å². The summed E-state index contributed by atoms with van der Waals surface area (Å²) in [6.07, 6.45) is 14.7. The SMILES string of the molecule is CCCCCCC(C)CCC1CCCC1C. The fourth-order valence-electron chi connectivity index (χ4n) is 3.21. The summed E-state index contributed by atoms with van der Waals surface area (Å²) >= 11 is 0. The zero-order valence-corrected chi connectivity index (χ0v) is 11.8. The second-order valence-corrected chi connectivity index (χ2v) is 6.20. The maximum Gasteiger partial charge on any atom is -0.0388 e. The highest BCUT2D eigenvalue weighted by Crippen LogP contribution is 2.35. The van der Waals surface area contributed by atoms with Gasteiger partial charge in [-0.2, -0.15) is 0 Å². The summed E-state index contributed by atoms with van der Waals surface area (Å²) in [5.74, 6) is 3.06. The van der Waals surface area contributed by atoms with Crippen LogP contribution in [0.25, 0.3) is 0 Å². The smallest absolute Gasteiger partial charge is 0.0388 e. The van der Waals surface area contributed by atoms with Gasteiger partial charge in [-0.05, 0) is 24.2 Å². The van der Waals surface area contributed by atoms with Gasteiger partial charge in [-0.1, -0.05) is 78.6 Å². The topological polar surface area (TPSA) is 0 Å². The third kappa shape index (κ3) is 5.37. The van der Waals surface area contributed by atoms with E-state index in [1.54, 1.807) is 0 Å². The van der Waals surface area contributed by atoms with Gasteiger partial charge in [-0.15, -0.1) is 0 Å². The van der Waals surface area contributed by atoms with Crippen molar-refractivity contribution >= 4 is 0 Å². The van der Waals surface area contributed by atoms with Crippen LogP contribution in [0.5, 0.6) is 0 Å². The largest absolute Gasteiger partial charge is 0.0654 e. The van der Waals surface area contributed by atoms with Crippen LogP contribution in [0, 0.1) is 17.8 Å². The van der Waals surface area contributed by atoms with Crippen LogP contribution >= 0.6 is 0 Å². The molecule has 1 saturated carbocycles. The van der Waals surface area contributed by atoms with E-state index < -0.39 is 0 Å². The molecule has 0 aliphatic heterocycles. The Morgan fingerprint density at radius 1 is 1.06 bits per heavy atom. The molecule has 0 heteroatoms. The van der Waals surface area contributed by atoms with Crippen LogP contribution in [0.15, 0.2) is 0 Å². The first kappa shape index (κ1) is 14.1. The summed E-state index contributed by atoms with van der Waals surface area (Å²) < 4.78 is 0. The van der Waals surface area contributed by atoms with Crippen molar-refractivity contribution in [1.29, 1.82) is 0 Å². The van der Waals surface area contributed by atoms with Crippen molar-refractivity contribution in [3.8, 4) is 0 Å². The average Bonchev–Trinajstić information content (AvgIpc) is 2.67. The first-order valence-corrected chi connectivity index (χ1v) is 7.74.